The highest BCUT2D eigenvalue weighted by atomic mass is 127. The maximum Gasteiger partial charge on any atom is 0.253 e. The summed E-state index contributed by atoms with van der Waals surface area (Å²) in [6.45, 7) is 1.81. The summed E-state index contributed by atoms with van der Waals surface area (Å²) in [6.07, 6.45) is 0.720. The molecule has 1 aromatic carbocycles. The Balaban J connectivity index is 3.44. The summed E-state index contributed by atoms with van der Waals surface area (Å²) < 4.78 is 0.609. The van der Waals surface area contributed by atoms with Crippen LogP contribution in [0.1, 0.15) is 26.3 Å². The first-order valence-corrected chi connectivity index (χ1v) is 4.97. The van der Waals surface area contributed by atoms with Gasteiger partial charge in [0.2, 0.25) is 0 Å². The van der Waals surface area contributed by atoms with E-state index in [1.54, 1.807) is 12.1 Å². The van der Waals surface area contributed by atoms with Crippen LogP contribution in [0.4, 0.5) is 0 Å². The molecule has 1 rings (SSSR count). The Morgan fingerprint density at radius 2 is 2.15 bits per heavy atom. The lowest BCUT2D eigenvalue weighted by molar-refractivity contribution is 0.108. The number of hydrogen-bond donors (Lipinski definition) is 0. The molecule has 0 radical (unpaired) electrons. The molecule has 4 heteroatoms. The fourth-order valence-electron chi connectivity index (χ4n) is 1.03. The maximum atomic E-state index is 10.9. The van der Waals surface area contributed by atoms with Crippen molar-refractivity contribution < 1.29 is 9.59 Å². The van der Waals surface area contributed by atoms with E-state index in [1.165, 1.54) is 0 Å². The summed E-state index contributed by atoms with van der Waals surface area (Å²) in [7, 11) is 0. The van der Waals surface area contributed by atoms with Gasteiger partial charge in [0.25, 0.3) is 5.24 Å². The molecular weight excluding hydrogens is 302 g/mol. The Kier molecular flexibility index (Phi) is 3.44. The van der Waals surface area contributed by atoms with Gasteiger partial charge in [0.15, 0.2) is 6.29 Å². The van der Waals surface area contributed by atoms with Gasteiger partial charge in [-0.1, -0.05) is 0 Å². The van der Waals surface area contributed by atoms with Crippen molar-refractivity contribution in [1.82, 2.24) is 0 Å². The number of rotatable bonds is 2. The average Bonchev–Trinajstić information content (AvgIpc) is 2.08. The second-order valence-corrected chi connectivity index (χ2v) is 4.03. The molecular formula is C9H6ClIO2. The number of halogens is 2. The standard InChI is InChI=1S/C9H6ClIO2/c1-5-2-6(4-12)8(11)7(3-5)9(10)13/h2-4H,1H3. The van der Waals surface area contributed by atoms with Crippen LogP contribution in [0.3, 0.4) is 0 Å². The van der Waals surface area contributed by atoms with Crippen LogP contribution in [0, 0.1) is 10.5 Å². The van der Waals surface area contributed by atoms with E-state index in [2.05, 4.69) is 0 Å². The van der Waals surface area contributed by atoms with Gasteiger partial charge in [-0.3, -0.25) is 9.59 Å². The van der Waals surface area contributed by atoms with Crippen LogP contribution >= 0.6 is 34.2 Å². The first kappa shape index (κ1) is 10.7. The minimum atomic E-state index is -0.531. The molecule has 0 spiro atoms. The van der Waals surface area contributed by atoms with Gasteiger partial charge in [-0.05, 0) is 58.8 Å². The predicted molar refractivity (Wildman–Crippen MR) is 59.5 cm³/mol. The second-order valence-electron chi connectivity index (χ2n) is 2.61. The minimum absolute atomic E-state index is 0.393. The molecule has 1 aromatic rings. The molecule has 0 saturated carbocycles. The summed E-state index contributed by atoms with van der Waals surface area (Å²) in [4.78, 5) is 21.5. The lowest BCUT2D eigenvalue weighted by Crippen LogP contribution is -1.99. The summed E-state index contributed by atoms with van der Waals surface area (Å²) >= 11 is 7.29. The number of carbonyl (C=O) groups excluding carboxylic acids is 2. The summed E-state index contributed by atoms with van der Waals surface area (Å²) in [5, 5.41) is -0.531. The van der Waals surface area contributed by atoms with E-state index in [0.717, 1.165) is 11.8 Å². The Hall–Kier alpha value is -0.420. The summed E-state index contributed by atoms with van der Waals surface area (Å²) in [5.41, 5.74) is 1.75. The molecule has 0 amide bonds. The van der Waals surface area contributed by atoms with Crippen molar-refractivity contribution in [1.29, 1.82) is 0 Å². The molecule has 0 bridgehead atoms. The zero-order chi connectivity index (χ0) is 10.0. The van der Waals surface area contributed by atoms with Crippen LogP contribution in [0.15, 0.2) is 12.1 Å². The maximum absolute atomic E-state index is 10.9. The van der Waals surface area contributed by atoms with Crippen molar-refractivity contribution in [2.45, 2.75) is 6.92 Å². The van der Waals surface area contributed by atoms with Crippen molar-refractivity contribution >= 4 is 45.7 Å². The smallest absolute Gasteiger partial charge is 0.253 e. The molecule has 0 heterocycles. The SMILES string of the molecule is Cc1cc(C=O)c(I)c(C(=O)Cl)c1. The molecule has 0 fully saturated rings. The van der Waals surface area contributed by atoms with Gasteiger partial charge in [-0.15, -0.1) is 0 Å². The quantitative estimate of drug-likeness (QED) is 0.478. The Morgan fingerprint density at radius 3 is 2.62 bits per heavy atom. The summed E-state index contributed by atoms with van der Waals surface area (Å²) in [5.74, 6) is 0. The highest BCUT2D eigenvalue weighted by molar-refractivity contribution is 14.1. The van der Waals surface area contributed by atoms with E-state index >= 15 is 0 Å². The van der Waals surface area contributed by atoms with Gasteiger partial charge in [0.05, 0.1) is 0 Å². The normalized spacial score (nSPS) is 9.77. The van der Waals surface area contributed by atoms with Crippen molar-refractivity contribution in [2.24, 2.45) is 0 Å². The van der Waals surface area contributed by atoms with Crippen molar-refractivity contribution in [3.05, 3.63) is 32.4 Å². The zero-order valence-electron chi connectivity index (χ0n) is 6.80. The van der Waals surface area contributed by atoms with Crippen LogP contribution in [-0.4, -0.2) is 11.5 Å². The van der Waals surface area contributed by atoms with Gasteiger partial charge in [-0.25, -0.2) is 0 Å². The Morgan fingerprint density at radius 1 is 1.54 bits per heavy atom. The molecule has 13 heavy (non-hydrogen) atoms. The van der Waals surface area contributed by atoms with E-state index in [0.29, 0.717) is 14.7 Å². The van der Waals surface area contributed by atoms with Gasteiger partial charge < -0.3 is 0 Å². The van der Waals surface area contributed by atoms with Gasteiger partial charge in [0, 0.05) is 14.7 Å². The van der Waals surface area contributed by atoms with Crippen LogP contribution in [-0.2, 0) is 0 Å². The third kappa shape index (κ3) is 2.28. The van der Waals surface area contributed by atoms with E-state index in [4.69, 9.17) is 11.6 Å². The van der Waals surface area contributed by atoms with E-state index in [9.17, 15) is 9.59 Å². The molecule has 0 aliphatic heterocycles. The lowest BCUT2D eigenvalue weighted by atomic mass is 10.1. The number of aldehydes is 1. The van der Waals surface area contributed by atoms with Crippen LogP contribution < -0.4 is 0 Å². The van der Waals surface area contributed by atoms with Crippen molar-refractivity contribution in [2.75, 3.05) is 0 Å². The fraction of sp³-hybridized carbons (Fsp3) is 0.111. The number of benzene rings is 1. The first-order chi connectivity index (χ1) is 6.06. The molecule has 0 atom stereocenters. The first-order valence-electron chi connectivity index (χ1n) is 3.51. The second kappa shape index (κ2) is 4.19. The largest absolute Gasteiger partial charge is 0.298 e. The van der Waals surface area contributed by atoms with Crippen molar-refractivity contribution in [3.8, 4) is 0 Å². The van der Waals surface area contributed by atoms with Gasteiger partial charge >= 0.3 is 0 Å². The number of hydrogen-bond acceptors (Lipinski definition) is 2. The van der Waals surface area contributed by atoms with Gasteiger partial charge in [-0.2, -0.15) is 0 Å². The third-order valence-electron chi connectivity index (χ3n) is 1.58. The van der Waals surface area contributed by atoms with E-state index in [-0.39, 0.29) is 0 Å². The monoisotopic (exact) mass is 308 g/mol. The van der Waals surface area contributed by atoms with Crippen molar-refractivity contribution in [3.63, 3.8) is 0 Å². The third-order valence-corrected chi connectivity index (χ3v) is 2.99. The van der Waals surface area contributed by atoms with E-state index in [1.807, 2.05) is 29.5 Å². The molecule has 0 aliphatic carbocycles. The Labute approximate surface area is 94.4 Å². The molecule has 68 valence electrons. The number of aryl methyl sites for hydroxylation is 1. The molecule has 2 nitrogen and oxygen atoms in total. The van der Waals surface area contributed by atoms with Crippen LogP contribution in [0.2, 0.25) is 0 Å². The zero-order valence-corrected chi connectivity index (χ0v) is 9.72. The Bertz CT molecular complexity index is 374. The predicted octanol–water partition coefficient (Wildman–Crippen LogP) is 2.79. The highest BCUT2D eigenvalue weighted by Gasteiger charge is 2.11. The topological polar surface area (TPSA) is 34.1 Å². The molecule has 0 saturated heterocycles. The fourth-order valence-corrected chi connectivity index (χ4v) is 2.02. The lowest BCUT2D eigenvalue weighted by Gasteiger charge is -2.03. The van der Waals surface area contributed by atoms with Gasteiger partial charge in [0.1, 0.15) is 0 Å². The number of carbonyl (C=O) groups is 2. The molecule has 0 unspecified atom stereocenters. The van der Waals surface area contributed by atoms with Crippen LogP contribution in [0.5, 0.6) is 0 Å². The average molecular weight is 309 g/mol. The van der Waals surface area contributed by atoms with E-state index < -0.39 is 5.24 Å². The summed E-state index contributed by atoms with van der Waals surface area (Å²) in [6, 6.07) is 3.39. The molecule has 0 N–H and O–H groups in total. The molecule has 0 aliphatic rings. The molecule has 0 aromatic heterocycles. The minimum Gasteiger partial charge on any atom is -0.298 e. The highest BCUT2D eigenvalue weighted by Crippen LogP contribution is 2.20. The van der Waals surface area contributed by atoms with Crippen LogP contribution in [0.25, 0.3) is 0 Å².